The van der Waals surface area contributed by atoms with Gasteiger partial charge in [0.15, 0.2) is 9.84 Å². The van der Waals surface area contributed by atoms with Crippen LogP contribution >= 0.6 is 23.2 Å². The van der Waals surface area contributed by atoms with Crippen molar-refractivity contribution in [2.45, 2.75) is 42.3 Å². The molecule has 0 amide bonds. The Morgan fingerprint density at radius 1 is 1.22 bits per heavy atom. The van der Waals surface area contributed by atoms with Crippen molar-refractivity contribution in [3.63, 3.8) is 0 Å². The summed E-state index contributed by atoms with van der Waals surface area (Å²) in [6.45, 7) is 1.70. The first-order valence-electron chi connectivity index (χ1n) is 10.7. The molecule has 0 saturated carbocycles. The number of likely N-dealkylation sites (tertiary alicyclic amines) is 1. The van der Waals surface area contributed by atoms with E-state index >= 15 is 0 Å². The minimum absolute atomic E-state index is 0.0468. The quantitative estimate of drug-likeness (QED) is 0.607. The van der Waals surface area contributed by atoms with Crippen molar-refractivity contribution < 1.29 is 17.5 Å². The van der Waals surface area contributed by atoms with Crippen LogP contribution in [-0.2, 0) is 16.3 Å². The van der Waals surface area contributed by atoms with Gasteiger partial charge in [-0.3, -0.25) is 4.90 Å². The minimum Gasteiger partial charge on any atom is -0.484 e. The van der Waals surface area contributed by atoms with Gasteiger partial charge in [-0.05, 0) is 67.8 Å². The van der Waals surface area contributed by atoms with Gasteiger partial charge in [0.05, 0.1) is 10.9 Å². The number of nitrogens with zero attached hydrogens (tertiary/aromatic N) is 1. The zero-order valence-corrected chi connectivity index (χ0v) is 20.2. The first-order valence-corrected chi connectivity index (χ1v) is 13.4. The number of hydrogen-bond acceptors (Lipinski definition) is 5. The third-order valence-corrected chi connectivity index (χ3v) is 7.91. The molecule has 0 spiro atoms. The van der Waals surface area contributed by atoms with Crippen LogP contribution in [0.3, 0.4) is 0 Å². The molecule has 9 heteroatoms. The van der Waals surface area contributed by atoms with Crippen LogP contribution in [0.25, 0.3) is 0 Å². The molecular weight excluding hydrogens is 474 g/mol. The maximum atomic E-state index is 12.7. The highest BCUT2D eigenvalue weighted by Gasteiger charge is 2.41. The summed E-state index contributed by atoms with van der Waals surface area (Å²) in [6, 6.07) is 10.4. The molecule has 2 aliphatic rings. The van der Waals surface area contributed by atoms with E-state index < -0.39 is 9.84 Å². The average molecular weight is 501 g/mol. The summed E-state index contributed by atoms with van der Waals surface area (Å²) in [6.07, 6.45) is 3.64. The van der Waals surface area contributed by atoms with E-state index in [1.165, 1.54) is 6.26 Å². The molecule has 0 bridgehead atoms. The summed E-state index contributed by atoms with van der Waals surface area (Å²) >= 11 is 12.9. The Bertz CT molecular complexity index is 1070. The fourth-order valence-electron chi connectivity index (χ4n) is 4.72. The molecule has 1 saturated heterocycles. The minimum atomic E-state index is -3.28. The molecule has 1 aliphatic heterocycles. The van der Waals surface area contributed by atoms with Crippen molar-refractivity contribution in [1.82, 2.24) is 10.2 Å². The standard InChI is InChI=1S/C23H27Cl2FN2O3S/c1-32(29,30)18-6-4-17(5-7-18)31-23-20-11-15(24)12-21(25)19(20)13-22(23)28-10-2-3-16(14-28)27-9-8-26/h4-7,11-12,16,22-23,27H,2-3,8-10,13-14H2,1H3/t16-,22+,23-/m1/s1. The van der Waals surface area contributed by atoms with Crippen molar-refractivity contribution in [3.8, 4) is 5.75 Å². The largest absolute Gasteiger partial charge is 0.484 e. The Balaban J connectivity index is 1.62. The fourth-order valence-corrected chi connectivity index (χ4v) is 5.94. The summed E-state index contributed by atoms with van der Waals surface area (Å²) in [4.78, 5) is 2.64. The van der Waals surface area contributed by atoms with E-state index in [9.17, 15) is 12.8 Å². The lowest BCUT2D eigenvalue weighted by molar-refractivity contribution is 0.0544. The van der Waals surface area contributed by atoms with Crippen LogP contribution in [0.1, 0.15) is 30.1 Å². The summed E-state index contributed by atoms with van der Waals surface area (Å²) in [5.74, 6) is 0.584. The molecule has 0 aromatic heterocycles. The maximum absolute atomic E-state index is 12.7. The van der Waals surface area contributed by atoms with Crippen molar-refractivity contribution in [3.05, 3.63) is 57.6 Å². The number of ether oxygens (including phenoxy) is 1. The Kier molecular flexibility index (Phi) is 7.32. The molecule has 1 fully saturated rings. The van der Waals surface area contributed by atoms with Gasteiger partial charge in [0.2, 0.25) is 0 Å². The first kappa shape index (κ1) is 23.8. The van der Waals surface area contributed by atoms with Gasteiger partial charge in [-0.15, -0.1) is 0 Å². The summed E-state index contributed by atoms with van der Waals surface area (Å²) in [7, 11) is -3.28. The third kappa shape index (κ3) is 5.23. The molecule has 3 atom stereocenters. The molecule has 1 N–H and O–H groups in total. The summed E-state index contributed by atoms with van der Waals surface area (Å²) < 4.78 is 42.7. The zero-order chi connectivity index (χ0) is 22.9. The van der Waals surface area contributed by atoms with Gasteiger partial charge in [-0.2, -0.15) is 0 Å². The highest BCUT2D eigenvalue weighted by Crippen LogP contribution is 2.43. The maximum Gasteiger partial charge on any atom is 0.175 e. The van der Waals surface area contributed by atoms with Gasteiger partial charge in [0, 0.05) is 41.0 Å². The first-order chi connectivity index (χ1) is 15.3. The van der Waals surface area contributed by atoms with Gasteiger partial charge in [0.1, 0.15) is 18.5 Å². The van der Waals surface area contributed by atoms with Crippen LogP contribution in [0.2, 0.25) is 10.0 Å². The molecule has 0 radical (unpaired) electrons. The summed E-state index contributed by atoms with van der Waals surface area (Å²) in [5, 5.41) is 4.47. The lowest BCUT2D eigenvalue weighted by Crippen LogP contribution is -2.51. The number of piperidine rings is 1. The molecule has 2 aromatic carbocycles. The number of sulfone groups is 1. The Morgan fingerprint density at radius 2 is 1.97 bits per heavy atom. The molecule has 32 heavy (non-hydrogen) atoms. The SMILES string of the molecule is CS(=O)(=O)c1ccc(O[C@@H]2c3cc(Cl)cc(Cl)c3C[C@@H]2N2CCC[C@@H](NCCF)C2)cc1. The second-order valence-corrected chi connectivity index (χ2v) is 11.3. The Morgan fingerprint density at radius 3 is 2.66 bits per heavy atom. The molecule has 174 valence electrons. The van der Waals surface area contributed by atoms with E-state index in [1.54, 1.807) is 30.3 Å². The summed E-state index contributed by atoms with van der Waals surface area (Å²) in [5.41, 5.74) is 1.98. The molecule has 1 aliphatic carbocycles. The van der Waals surface area contributed by atoms with E-state index in [0.717, 1.165) is 43.5 Å². The van der Waals surface area contributed by atoms with E-state index in [4.69, 9.17) is 27.9 Å². The van der Waals surface area contributed by atoms with Crippen LogP contribution in [0.4, 0.5) is 4.39 Å². The smallest absolute Gasteiger partial charge is 0.175 e. The van der Waals surface area contributed by atoms with Crippen LogP contribution in [0.15, 0.2) is 41.3 Å². The van der Waals surface area contributed by atoms with Crippen LogP contribution in [0.5, 0.6) is 5.75 Å². The second kappa shape index (κ2) is 9.85. The molecule has 1 heterocycles. The third-order valence-electron chi connectivity index (χ3n) is 6.23. The average Bonchev–Trinajstić information content (AvgIpc) is 3.11. The number of fused-ring (bicyclic) bond motifs is 1. The predicted molar refractivity (Wildman–Crippen MR) is 125 cm³/mol. The zero-order valence-electron chi connectivity index (χ0n) is 17.9. The van der Waals surface area contributed by atoms with Gasteiger partial charge in [0.25, 0.3) is 0 Å². The number of hydrogen-bond donors (Lipinski definition) is 1. The number of nitrogens with one attached hydrogen (secondary N) is 1. The predicted octanol–water partition coefficient (Wildman–Crippen LogP) is 4.47. The molecule has 4 rings (SSSR count). The van der Waals surface area contributed by atoms with Crippen LogP contribution < -0.4 is 10.1 Å². The second-order valence-electron chi connectivity index (χ2n) is 8.49. The van der Waals surface area contributed by atoms with Gasteiger partial charge < -0.3 is 10.1 Å². The van der Waals surface area contributed by atoms with Crippen molar-refractivity contribution in [1.29, 1.82) is 0 Å². The fraction of sp³-hybridized carbons (Fsp3) is 0.478. The van der Waals surface area contributed by atoms with E-state index in [0.29, 0.717) is 22.3 Å². The van der Waals surface area contributed by atoms with E-state index in [-0.39, 0.29) is 29.8 Å². The van der Waals surface area contributed by atoms with Crippen molar-refractivity contribution in [2.24, 2.45) is 0 Å². The van der Waals surface area contributed by atoms with Gasteiger partial charge in [-0.1, -0.05) is 23.2 Å². The Labute approximate surface area is 198 Å². The van der Waals surface area contributed by atoms with E-state index in [2.05, 4.69) is 10.2 Å². The number of rotatable bonds is 7. The normalized spacial score (nSPS) is 23.8. The molecular formula is C23H27Cl2FN2O3S. The van der Waals surface area contributed by atoms with Crippen molar-refractivity contribution >= 4 is 33.0 Å². The number of halogens is 3. The molecule has 2 aromatic rings. The molecule has 0 unspecified atom stereocenters. The topological polar surface area (TPSA) is 58.6 Å². The van der Waals surface area contributed by atoms with Crippen molar-refractivity contribution in [2.75, 3.05) is 32.6 Å². The number of benzene rings is 2. The lowest BCUT2D eigenvalue weighted by Gasteiger charge is -2.39. The Hall–Kier alpha value is -1.38. The van der Waals surface area contributed by atoms with E-state index in [1.807, 2.05) is 6.07 Å². The van der Waals surface area contributed by atoms with Gasteiger partial charge >= 0.3 is 0 Å². The molecule has 5 nitrogen and oxygen atoms in total. The highest BCUT2D eigenvalue weighted by molar-refractivity contribution is 7.90. The van der Waals surface area contributed by atoms with Crippen LogP contribution in [-0.4, -0.2) is 58.0 Å². The highest BCUT2D eigenvalue weighted by atomic mass is 35.5. The number of alkyl halides is 1. The lowest BCUT2D eigenvalue weighted by atomic mass is 10.0. The monoisotopic (exact) mass is 500 g/mol. The van der Waals surface area contributed by atoms with Gasteiger partial charge in [-0.25, -0.2) is 12.8 Å². The van der Waals surface area contributed by atoms with Crippen LogP contribution in [0, 0.1) is 0 Å².